The second kappa shape index (κ2) is 7.88. The van der Waals surface area contributed by atoms with Gasteiger partial charge in [0.1, 0.15) is 5.82 Å². The number of hydrogen-bond donors (Lipinski definition) is 1. The summed E-state index contributed by atoms with van der Waals surface area (Å²) >= 11 is 0. The van der Waals surface area contributed by atoms with Crippen molar-refractivity contribution in [3.8, 4) is 0 Å². The minimum Gasteiger partial charge on any atom is -0.341 e. The number of benzene rings is 1. The Morgan fingerprint density at radius 2 is 1.76 bits per heavy atom. The molecule has 6 nitrogen and oxygen atoms in total. The number of piperidine rings is 1. The Kier molecular flexibility index (Phi) is 5.60. The first-order valence-electron chi connectivity index (χ1n) is 8.28. The average Bonchev–Trinajstić information content (AvgIpc) is 2.63. The SMILES string of the molecule is O=S(=O)(CCNC1CCN(c2ncccn2)CC1)c1ccc(F)cc1. The van der Waals surface area contributed by atoms with Crippen LogP contribution in [0.1, 0.15) is 12.8 Å². The Labute approximate surface area is 147 Å². The lowest BCUT2D eigenvalue weighted by atomic mass is 10.1. The summed E-state index contributed by atoms with van der Waals surface area (Å²) in [5, 5.41) is 3.31. The van der Waals surface area contributed by atoms with Gasteiger partial charge in [0.05, 0.1) is 10.6 Å². The Morgan fingerprint density at radius 3 is 2.40 bits per heavy atom. The number of hydrogen-bond acceptors (Lipinski definition) is 6. The minimum absolute atomic E-state index is 0.000638. The fraction of sp³-hybridized carbons (Fsp3) is 0.412. The highest BCUT2D eigenvalue weighted by Gasteiger charge is 2.21. The van der Waals surface area contributed by atoms with Crippen molar-refractivity contribution in [2.75, 3.05) is 30.3 Å². The summed E-state index contributed by atoms with van der Waals surface area (Å²) in [5.74, 6) is 0.298. The van der Waals surface area contributed by atoms with Crippen molar-refractivity contribution in [1.29, 1.82) is 0 Å². The van der Waals surface area contributed by atoms with Crippen molar-refractivity contribution in [2.45, 2.75) is 23.8 Å². The summed E-state index contributed by atoms with van der Waals surface area (Å²) in [4.78, 5) is 10.8. The van der Waals surface area contributed by atoms with Crippen LogP contribution in [-0.4, -0.2) is 49.8 Å². The number of nitrogens with one attached hydrogen (secondary N) is 1. The van der Waals surface area contributed by atoms with Crippen molar-refractivity contribution in [1.82, 2.24) is 15.3 Å². The molecule has 0 saturated carbocycles. The molecule has 8 heteroatoms. The summed E-state index contributed by atoms with van der Waals surface area (Å²) in [6.45, 7) is 2.06. The fourth-order valence-electron chi connectivity index (χ4n) is 2.90. The molecule has 0 spiro atoms. The lowest BCUT2D eigenvalue weighted by Gasteiger charge is -2.32. The molecule has 134 valence electrons. The van der Waals surface area contributed by atoms with Gasteiger partial charge in [-0.2, -0.15) is 0 Å². The van der Waals surface area contributed by atoms with E-state index >= 15 is 0 Å². The third kappa shape index (κ3) is 4.73. The zero-order valence-corrected chi connectivity index (χ0v) is 14.6. The van der Waals surface area contributed by atoms with Gasteiger partial charge in [-0.1, -0.05) is 0 Å². The maximum absolute atomic E-state index is 12.9. The van der Waals surface area contributed by atoms with Gasteiger partial charge >= 0.3 is 0 Å². The highest BCUT2D eigenvalue weighted by atomic mass is 32.2. The maximum Gasteiger partial charge on any atom is 0.225 e. The highest BCUT2D eigenvalue weighted by Crippen LogP contribution is 2.16. The fourth-order valence-corrected chi connectivity index (χ4v) is 4.07. The van der Waals surface area contributed by atoms with Crippen molar-refractivity contribution >= 4 is 15.8 Å². The lowest BCUT2D eigenvalue weighted by Crippen LogP contribution is -2.44. The van der Waals surface area contributed by atoms with Gasteiger partial charge in [0.2, 0.25) is 5.95 Å². The summed E-state index contributed by atoms with van der Waals surface area (Å²) in [6, 6.07) is 7.03. The monoisotopic (exact) mass is 364 g/mol. The van der Waals surface area contributed by atoms with Gasteiger partial charge in [0.25, 0.3) is 0 Å². The third-order valence-corrected chi connectivity index (χ3v) is 6.04. The second-order valence-corrected chi connectivity index (χ2v) is 8.15. The summed E-state index contributed by atoms with van der Waals surface area (Å²) < 4.78 is 37.4. The van der Waals surface area contributed by atoms with E-state index in [0.29, 0.717) is 6.54 Å². The van der Waals surface area contributed by atoms with Gasteiger partial charge in [-0.15, -0.1) is 0 Å². The largest absolute Gasteiger partial charge is 0.341 e. The quantitative estimate of drug-likeness (QED) is 0.786. The molecule has 1 fully saturated rings. The molecule has 0 bridgehead atoms. The molecule has 0 aliphatic carbocycles. The van der Waals surface area contributed by atoms with E-state index in [2.05, 4.69) is 20.2 Å². The van der Waals surface area contributed by atoms with Crippen LogP contribution in [0.5, 0.6) is 0 Å². The van der Waals surface area contributed by atoms with Crippen LogP contribution in [0.25, 0.3) is 0 Å². The molecule has 2 heterocycles. The van der Waals surface area contributed by atoms with Gasteiger partial charge in [-0.25, -0.2) is 22.8 Å². The Bertz CT molecular complexity index is 776. The molecule has 1 saturated heterocycles. The summed E-state index contributed by atoms with van der Waals surface area (Å²) in [5.41, 5.74) is 0. The van der Waals surface area contributed by atoms with Gasteiger partial charge in [0.15, 0.2) is 9.84 Å². The van der Waals surface area contributed by atoms with Gasteiger partial charge in [-0.3, -0.25) is 0 Å². The molecule has 1 aromatic heterocycles. The van der Waals surface area contributed by atoms with Crippen molar-refractivity contribution in [2.24, 2.45) is 0 Å². The molecule has 1 aliphatic heterocycles. The molecular formula is C17H21FN4O2S. The van der Waals surface area contributed by atoms with E-state index in [1.54, 1.807) is 18.5 Å². The predicted octanol–water partition coefficient (Wildman–Crippen LogP) is 1.65. The van der Waals surface area contributed by atoms with E-state index < -0.39 is 15.7 Å². The molecule has 1 aliphatic rings. The first-order valence-corrected chi connectivity index (χ1v) is 9.93. The third-order valence-electron chi connectivity index (χ3n) is 4.31. The van der Waals surface area contributed by atoms with Crippen LogP contribution in [0.3, 0.4) is 0 Å². The zero-order chi connectivity index (χ0) is 17.7. The van der Waals surface area contributed by atoms with Crippen LogP contribution >= 0.6 is 0 Å². The van der Waals surface area contributed by atoms with Crippen LogP contribution in [0.15, 0.2) is 47.6 Å². The minimum atomic E-state index is -3.39. The van der Waals surface area contributed by atoms with E-state index in [9.17, 15) is 12.8 Å². The van der Waals surface area contributed by atoms with E-state index in [1.165, 1.54) is 24.3 Å². The molecule has 0 unspecified atom stereocenters. The molecule has 0 atom stereocenters. The normalized spacial score (nSPS) is 16.1. The van der Waals surface area contributed by atoms with Crippen LogP contribution in [0.4, 0.5) is 10.3 Å². The molecule has 1 aromatic carbocycles. The first-order chi connectivity index (χ1) is 12.0. The van der Waals surface area contributed by atoms with Crippen molar-refractivity contribution < 1.29 is 12.8 Å². The van der Waals surface area contributed by atoms with Crippen LogP contribution in [0, 0.1) is 5.82 Å². The number of nitrogens with zero attached hydrogens (tertiary/aromatic N) is 3. The van der Waals surface area contributed by atoms with E-state index in [0.717, 1.165) is 31.9 Å². The molecule has 2 aromatic rings. The number of halogens is 1. The van der Waals surface area contributed by atoms with Gasteiger partial charge < -0.3 is 10.2 Å². The molecule has 3 rings (SSSR count). The molecule has 0 amide bonds. The number of anilines is 1. The van der Waals surface area contributed by atoms with E-state index in [4.69, 9.17) is 0 Å². The summed E-state index contributed by atoms with van der Waals surface area (Å²) in [6.07, 6.45) is 5.28. The average molecular weight is 364 g/mol. The lowest BCUT2D eigenvalue weighted by molar-refractivity contribution is 0.420. The zero-order valence-electron chi connectivity index (χ0n) is 13.8. The molecule has 1 N–H and O–H groups in total. The first kappa shape index (κ1) is 17.8. The topological polar surface area (TPSA) is 75.2 Å². The standard InChI is InChI=1S/C17H21FN4O2S/c18-14-2-4-16(5-3-14)25(23,24)13-10-19-15-6-11-22(12-7-15)17-20-8-1-9-21-17/h1-5,8-9,15,19H,6-7,10-13H2. The molecular weight excluding hydrogens is 343 g/mol. The van der Waals surface area contributed by atoms with Crippen molar-refractivity contribution in [3.63, 3.8) is 0 Å². The van der Waals surface area contributed by atoms with Crippen LogP contribution in [-0.2, 0) is 9.84 Å². The van der Waals surface area contributed by atoms with Gasteiger partial charge in [0, 0.05) is 38.1 Å². The smallest absolute Gasteiger partial charge is 0.225 e. The number of aromatic nitrogens is 2. The van der Waals surface area contributed by atoms with Crippen LogP contribution < -0.4 is 10.2 Å². The van der Waals surface area contributed by atoms with E-state index in [-0.39, 0.29) is 16.7 Å². The highest BCUT2D eigenvalue weighted by molar-refractivity contribution is 7.91. The second-order valence-electron chi connectivity index (χ2n) is 6.04. The van der Waals surface area contributed by atoms with E-state index in [1.807, 2.05) is 0 Å². The molecule has 0 radical (unpaired) electrons. The number of sulfone groups is 1. The van der Waals surface area contributed by atoms with Gasteiger partial charge in [-0.05, 0) is 43.2 Å². The Morgan fingerprint density at radius 1 is 1.12 bits per heavy atom. The Balaban J connectivity index is 1.45. The van der Waals surface area contributed by atoms with Crippen molar-refractivity contribution in [3.05, 3.63) is 48.5 Å². The number of rotatable bonds is 6. The maximum atomic E-state index is 12.9. The summed E-state index contributed by atoms with van der Waals surface area (Å²) in [7, 11) is -3.39. The Hall–Kier alpha value is -2.06. The predicted molar refractivity (Wildman–Crippen MR) is 93.7 cm³/mol. The van der Waals surface area contributed by atoms with Crippen LogP contribution in [0.2, 0.25) is 0 Å². The molecule has 25 heavy (non-hydrogen) atoms.